The maximum atomic E-state index is 12.0. The Morgan fingerprint density at radius 3 is 2.40 bits per heavy atom. The lowest BCUT2D eigenvalue weighted by molar-refractivity contribution is 0.0734. The summed E-state index contributed by atoms with van der Waals surface area (Å²) in [7, 11) is 0. The van der Waals surface area contributed by atoms with Gasteiger partial charge in [-0.05, 0) is 36.2 Å². The SMILES string of the molecule is CCC1OC1c1ccc(C(=O)Oc2ccccc2)cc1. The lowest BCUT2D eigenvalue weighted by Crippen LogP contribution is -2.08. The number of rotatable bonds is 4. The molecule has 3 heteroatoms. The fourth-order valence-corrected chi connectivity index (χ4v) is 2.21. The Morgan fingerprint density at radius 1 is 1.10 bits per heavy atom. The van der Waals surface area contributed by atoms with Crippen LogP contribution in [0.25, 0.3) is 0 Å². The Balaban J connectivity index is 1.67. The molecule has 0 amide bonds. The highest BCUT2D eigenvalue weighted by atomic mass is 16.6. The van der Waals surface area contributed by atoms with Crippen molar-refractivity contribution in [2.24, 2.45) is 0 Å². The molecule has 0 N–H and O–H groups in total. The molecule has 3 nitrogen and oxygen atoms in total. The summed E-state index contributed by atoms with van der Waals surface area (Å²) in [4.78, 5) is 12.0. The zero-order valence-electron chi connectivity index (χ0n) is 11.3. The standard InChI is InChI=1S/C17H16O3/c1-2-15-16(20-15)12-8-10-13(11-9-12)17(18)19-14-6-4-3-5-7-14/h3-11,15-16H,2H2,1H3. The first kappa shape index (κ1) is 12.9. The third-order valence-electron chi connectivity index (χ3n) is 3.41. The summed E-state index contributed by atoms with van der Waals surface area (Å²) in [5.41, 5.74) is 1.67. The first-order chi connectivity index (χ1) is 9.78. The van der Waals surface area contributed by atoms with Crippen LogP contribution in [0.1, 0.15) is 35.4 Å². The average Bonchev–Trinajstić information content (AvgIpc) is 3.28. The van der Waals surface area contributed by atoms with Gasteiger partial charge in [0.25, 0.3) is 0 Å². The highest BCUT2D eigenvalue weighted by Gasteiger charge is 2.38. The molecule has 1 aliphatic rings. The van der Waals surface area contributed by atoms with Crippen molar-refractivity contribution in [3.8, 4) is 5.75 Å². The average molecular weight is 268 g/mol. The zero-order chi connectivity index (χ0) is 13.9. The van der Waals surface area contributed by atoms with Crippen molar-refractivity contribution in [2.45, 2.75) is 25.6 Å². The second-order valence-corrected chi connectivity index (χ2v) is 4.83. The molecular weight excluding hydrogens is 252 g/mol. The van der Waals surface area contributed by atoms with E-state index in [1.807, 2.05) is 30.3 Å². The zero-order valence-corrected chi connectivity index (χ0v) is 11.3. The number of hydrogen-bond acceptors (Lipinski definition) is 3. The number of benzene rings is 2. The molecule has 1 aliphatic heterocycles. The lowest BCUT2D eigenvalue weighted by atomic mass is 10.1. The predicted molar refractivity (Wildman–Crippen MR) is 75.7 cm³/mol. The Hall–Kier alpha value is -2.13. The highest BCUT2D eigenvalue weighted by molar-refractivity contribution is 5.91. The molecule has 0 saturated carbocycles. The number of ether oxygens (including phenoxy) is 2. The van der Waals surface area contributed by atoms with Crippen LogP contribution in [0, 0.1) is 0 Å². The molecule has 1 saturated heterocycles. The van der Waals surface area contributed by atoms with E-state index in [1.165, 1.54) is 0 Å². The summed E-state index contributed by atoms with van der Waals surface area (Å²) in [6.07, 6.45) is 1.54. The summed E-state index contributed by atoms with van der Waals surface area (Å²) >= 11 is 0. The van der Waals surface area contributed by atoms with Crippen molar-refractivity contribution in [3.05, 3.63) is 65.7 Å². The van der Waals surface area contributed by atoms with Crippen molar-refractivity contribution in [3.63, 3.8) is 0 Å². The van der Waals surface area contributed by atoms with Gasteiger partial charge in [-0.3, -0.25) is 0 Å². The van der Waals surface area contributed by atoms with Gasteiger partial charge in [-0.1, -0.05) is 37.3 Å². The minimum Gasteiger partial charge on any atom is -0.423 e. The van der Waals surface area contributed by atoms with Crippen molar-refractivity contribution < 1.29 is 14.3 Å². The minimum atomic E-state index is -0.341. The number of esters is 1. The van der Waals surface area contributed by atoms with E-state index >= 15 is 0 Å². The molecule has 20 heavy (non-hydrogen) atoms. The van der Waals surface area contributed by atoms with Crippen LogP contribution in [-0.2, 0) is 4.74 Å². The molecular formula is C17H16O3. The molecule has 2 unspecified atom stereocenters. The van der Waals surface area contributed by atoms with E-state index in [4.69, 9.17) is 9.47 Å². The molecule has 1 heterocycles. The van der Waals surface area contributed by atoms with Crippen LogP contribution in [0.2, 0.25) is 0 Å². The molecule has 0 radical (unpaired) electrons. The van der Waals surface area contributed by atoms with Crippen molar-refractivity contribution in [1.82, 2.24) is 0 Å². The predicted octanol–water partition coefficient (Wildman–Crippen LogP) is 3.76. The number of para-hydroxylation sites is 1. The van der Waals surface area contributed by atoms with E-state index in [9.17, 15) is 4.79 Å². The Morgan fingerprint density at radius 2 is 1.80 bits per heavy atom. The summed E-state index contributed by atoms with van der Waals surface area (Å²) in [5, 5.41) is 0. The molecule has 102 valence electrons. The maximum Gasteiger partial charge on any atom is 0.343 e. The van der Waals surface area contributed by atoms with Crippen molar-refractivity contribution in [2.75, 3.05) is 0 Å². The van der Waals surface area contributed by atoms with Gasteiger partial charge in [0.2, 0.25) is 0 Å². The number of carbonyl (C=O) groups is 1. The van der Waals surface area contributed by atoms with Gasteiger partial charge in [0, 0.05) is 0 Å². The molecule has 2 atom stereocenters. The molecule has 0 aromatic heterocycles. The maximum absolute atomic E-state index is 12.0. The van der Waals surface area contributed by atoms with Gasteiger partial charge in [0.15, 0.2) is 0 Å². The molecule has 0 bridgehead atoms. The second-order valence-electron chi connectivity index (χ2n) is 4.83. The van der Waals surface area contributed by atoms with E-state index in [-0.39, 0.29) is 12.1 Å². The van der Waals surface area contributed by atoms with Crippen molar-refractivity contribution >= 4 is 5.97 Å². The normalized spacial score (nSPS) is 20.4. The Kier molecular flexibility index (Phi) is 3.52. The van der Waals surface area contributed by atoms with Gasteiger partial charge >= 0.3 is 5.97 Å². The highest BCUT2D eigenvalue weighted by Crippen LogP contribution is 2.40. The van der Waals surface area contributed by atoms with Crippen LogP contribution in [0.3, 0.4) is 0 Å². The van der Waals surface area contributed by atoms with Crippen LogP contribution < -0.4 is 4.74 Å². The third-order valence-corrected chi connectivity index (χ3v) is 3.41. The molecule has 1 fully saturated rings. The lowest BCUT2D eigenvalue weighted by Gasteiger charge is -2.04. The van der Waals surface area contributed by atoms with Crippen LogP contribution in [0.15, 0.2) is 54.6 Å². The molecule has 2 aromatic carbocycles. The van der Waals surface area contributed by atoms with Gasteiger partial charge in [-0.2, -0.15) is 0 Å². The summed E-state index contributed by atoms with van der Waals surface area (Å²) in [6.45, 7) is 2.11. The van der Waals surface area contributed by atoms with Gasteiger partial charge in [-0.25, -0.2) is 4.79 Å². The fourth-order valence-electron chi connectivity index (χ4n) is 2.21. The minimum absolute atomic E-state index is 0.194. The topological polar surface area (TPSA) is 38.8 Å². The van der Waals surface area contributed by atoms with E-state index in [0.717, 1.165) is 12.0 Å². The first-order valence-electron chi connectivity index (χ1n) is 6.80. The van der Waals surface area contributed by atoms with E-state index in [0.29, 0.717) is 17.4 Å². The van der Waals surface area contributed by atoms with Gasteiger partial charge in [0.1, 0.15) is 11.9 Å². The van der Waals surface area contributed by atoms with Gasteiger partial charge in [-0.15, -0.1) is 0 Å². The second kappa shape index (κ2) is 5.47. The van der Waals surface area contributed by atoms with Gasteiger partial charge < -0.3 is 9.47 Å². The van der Waals surface area contributed by atoms with E-state index < -0.39 is 0 Å². The third kappa shape index (κ3) is 2.73. The Bertz CT molecular complexity index is 589. The Labute approximate surface area is 118 Å². The fraction of sp³-hybridized carbons (Fsp3) is 0.235. The van der Waals surface area contributed by atoms with Gasteiger partial charge in [0.05, 0.1) is 11.7 Å². The van der Waals surface area contributed by atoms with Crippen molar-refractivity contribution in [1.29, 1.82) is 0 Å². The van der Waals surface area contributed by atoms with E-state index in [2.05, 4.69) is 6.92 Å². The monoisotopic (exact) mass is 268 g/mol. The largest absolute Gasteiger partial charge is 0.423 e. The summed E-state index contributed by atoms with van der Waals surface area (Å²) in [6, 6.07) is 16.5. The van der Waals surface area contributed by atoms with Crippen LogP contribution >= 0.6 is 0 Å². The van der Waals surface area contributed by atoms with Crippen LogP contribution in [0.5, 0.6) is 5.75 Å². The summed E-state index contributed by atoms with van der Waals surface area (Å²) in [5.74, 6) is 0.213. The first-order valence-corrected chi connectivity index (χ1v) is 6.80. The number of epoxide rings is 1. The number of hydrogen-bond donors (Lipinski definition) is 0. The van der Waals surface area contributed by atoms with Crippen LogP contribution in [-0.4, -0.2) is 12.1 Å². The summed E-state index contributed by atoms with van der Waals surface area (Å²) < 4.78 is 10.8. The molecule has 3 rings (SSSR count). The smallest absolute Gasteiger partial charge is 0.343 e. The van der Waals surface area contributed by atoms with Crippen LogP contribution in [0.4, 0.5) is 0 Å². The molecule has 2 aromatic rings. The molecule has 0 spiro atoms. The molecule has 0 aliphatic carbocycles. The number of carbonyl (C=O) groups excluding carboxylic acids is 1. The quantitative estimate of drug-likeness (QED) is 0.481. The van der Waals surface area contributed by atoms with E-state index in [1.54, 1.807) is 24.3 Å².